The summed E-state index contributed by atoms with van der Waals surface area (Å²) in [7, 11) is 0. The maximum absolute atomic E-state index is 13.8. The molecule has 0 N–H and O–H groups in total. The summed E-state index contributed by atoms with van der Waals surface area (Å²) < 4.78 is 13.8. The number of rotatable bonds is 3. The molecule has 0 radical (unpaired) electrons. The Balaban J connectivity index is 1.95. The lowest BCUT2D eigenvalue weighted by Crippen LogP contribution is -1.91. The first-order valence-corrected chi connectivity index (χ1v) is 7.76. The number of benzene rings is 2. The van der Waals surface area contributed by atoms with Crippen molar-refractivity contribution in [1.82, 2.24) is 10.2 Å². The summed E-state index contributed by atoms with van der Waals surface area (Å²) >= 11 is 13.5. The zero-order valence-corrected chi connectivity index (χ0v) is 13.0. The van der Waals surface area contributed by atoms with Gasteiger partial charge in [-0.1, -0.05) is 53.3 Å². The van der Waals surface area contributed by atoms with Crippen molar-refractivity contribution in [2.45, 2.75) is 5.38 Å². The van der Waals surface area contributed by atoms with Crippen LogP contribution in [0.1, 0.15) is 15.9 Å². The Morgan fingerprint density at radius 2 is 1.81 bits per heavy atom. The van der Waals surface area contributed by atoms with Gasteiger partial charge in [0.25, 0.3) is 0 Å². The van der Waals surface area contributed by atoms with Crippen molar-refractivity contribution in [1.29, 1.82) is 0 Å². The molecule has 1 aromatic heterocycles. The van der Waals surface area contributed by atoms with Crippen molar-refractivity contribution in [2.75, 3.05) is 0 Å². The third-order valence-corrected chi connectivity index (χ3v) is 4.75. The zero-order chi connectivity index (χ0) is 14.8. The molecule has 106 valence electrons. The summed E-state index contributed by atoms with van der Waals surface area (Å²) in [6.45, 7) is 0. The van der Waals surface area contributed by atoms with E-state index in [0.29, 0.717) is 20.6 Å². The number of nitrogens with zero attached hydrogens (tertiary/aromatic N) is 2. The average molecular weight is 339 g/mol. The van der Waals surface area contributed by atoms with Crippen LogP contribution in [-0.4, -0.2) is 10.2 Å². The number of hydrogen-bond donors (Lipinski definition) is 0. The van der Waals surface area contributed by atoms with Crippen molar-refractivity contribution in [3.63, 3.8) is 0 Å². The Hall–Kier alpha value is -1.49. The minimum absolute atomic E-state index is 0.336. The Bertz CT molecular complexity index is 761. The molecule has 0 aliphatic rings. The van der Waals surface area contributed by atoms with Gasteiger partial charge in [-0.3, -0.25) is 0 Å². The molecule has 0 aliphatic carbocycles. The summed E-state index contributed by atoms with van der Waals surface area (Å²) in [6, 6.07) is 13.9. The Kier molecular flexibility index (Phi) is 4.19. The average Bonchev–Trinajstić information content (AvgIpc) is 2.99. The van der Waals surface area contributed by atoms with Crippen LogP contribution in [0, 0.1) is 5.82 Å². The summed E-state index contributed by atoms with van der Waals surface area (Å²) in [5.74, 6) is -0.382. The molecule has 3 aromatic rings. The lowest BCUT2D eigenvalue weighted by molar-refractivity contribution is 0.631. The summed E-state index contributed by atoms with van der Waals surface area (Å²) in [6.07, 6.45) is 0. The molecule has 1 atom stereocenters. The van der Waals surface area contributed by atoms with Gasteiger partial charge in [0.1, 0.15) is 16.2 Å². The molecule has 0 saturated carbocycles. The molecule has 0 aliphatic heterocycles. The van der Waals surface area contributed by atoms with E-state index in [-0.39, 0.29) is 5.82 Å². The van der Waals surface area contributed by atoms with Crippen molar-refractivity contribution in [3.05, 3.63) is 69.9 Å². The minimum atomic E-state index is -0.403. The monoisotopic (exact) mass is 338 g/mol. The van der Waals surface area contributed by atoms with E-state index >= 15 is 0 Å². The molecule has 3 rings (SSSR count). The van der Waals surface area contributed by atoms with Gasteiger partial charge in [-0.2, -0.15) is 0 Å². The zero-order valence-electron chi connectivity index (χ0n) is 10.6. The third-order valence-electron chi connectivity index (χ3n) is 2.91. The topological polar surface area (TPSA) is 25.8 Å². The fourth-order valence-corrected chi connectivity index (χ4v) is 3.23. The van der Waals surface area contributed by atoms with Crippen LogP contribution in [0.2, 0.25) is 5.02 Å². The van der Waals surface area contributed by atoms with Gasteiger partial charge in [0.2, 0.25) is 0 Å². The highest BCUT2D eigenvalue weighted by atomic mass is 35.5. The van der Waals surface area contributed by atoms with E-state index in [1.54, 1.807) is 0 Å². The van der Waals surface area contributed by atoms with E-state index in [0.717, 1.165) is 5.56 Å². The smallest absolute Gasteiger partial charge is 0.150 e. The molecular weight excluding hydrogens is 330 g/mol. The van der Waals surface area contributed by atoms with Gasteiger partial charge in [-0.25, -0.2) is 4.39 Å². The fourth-order valence-electron chi connectivity index (χ4n) is 1.87. The quantitative estimate of drug-likeness (QED) is 0.603. The van der Waals surface area contributed by atoms with E-state index in [2.05, 4.69) is 10.2 Å². The van der Waals surface area contributed by atoms with Crippen LogP contribution < -0.4 is 0 Å². The molecule has 0 bridgehead atoms. The molecule has 21 heavy (non-hydrogen) atoms. The lowest BCUT2D eigenvalue weighted by Gasteiger charge is -2.04. The molecule has 0 spiro atoms. The molecule has 2 aromatic carbocycles. The standard InChI is InChI=1S/C15H9Cl2FN2S/c16-10-6-7-12(18)11(8-10)14-19-20-15(21-14)13(17)9-4-2-1-3-5-9/h1-8,13H. The van der Waals surface area contributed by atoms with Gasteiger partial charge in [0.05, 0.1) is 0 Å². The fraction of sp³-hybridized carbons (Fsp3) is 0.0667. The normalized spacial score (nSPS) is 12.3. The maximum atomic E-state index is 13.8. The lowest BCUT2D eigenvalue weighted by atomic mass is 10.1. The highest BCUT2D eigenvalue weighted by molar-refractivity contribution is 7.15. The predicted molar refractivity (Wildman–Crippen MR) is 84.5 cm³/mol. The van der Waals surface area contributed by atoms with Crippen molar-refractivity contribution in [2.24, 2.45) is 0 Å². The van der Waals surface area contributed by atoms with Gasteiger partial charge >= 0.3 is 0 Å². The van der Waals surface area contributed by atoms with Gasteiger partial charge in [0, 0.05) is 10.6 Å². The maximum Gasteiger partial charge on any atom is 0.150 e. The van der Waals surface area contributed by atoms with E-state index < -0.39 is 5.38 Å². The van der Waals surface area contributed by atoms with Crippen LogP contribution in [0.4, 0.5) is 4.39 Å². The van der Waals surface area contributed by atoms with Crippen LogP contribution in [0.25, 0.3) is 10.6 Å². The first-order chi connectivity index (χ1) is 10.1. The van der Waals surface area contributed by atoms with Crippen LogP contribution in [-0.2, 0) is 0 Å². The molecule has 1 unspecified atom stereocenters. The number of halogens is 3. The summed E-state index contributed by atoms with van der Waals surface area (Å²) in [4.78, 5) is 0. The minimum Gasteiger partial charge on any atom is -0.206 e. The highest BCUT2D eigenvalue weighted by Gasteiger charge is 2.18. The van der Waals surface area contributed by atoms with Gasteiger partial charge in [-0.05, 0) is 23.8 Å². The van der Waals surface area contributed by atoms with E-state index in [1.807, 2.05) is 30.3 Å². The molecular formula is C15H9Cl2FN2S. The molecule has 0 amide bonds. The first kappa shape index (κ1) is 14.4. The summed E-state index contributed by atoms with van der Waals surface area (Å²) in [5, 5.41) is 9.22. The van der Waals surface area contributed by atoms with Crippen molar-refractivity contribution in [3.8, 4) is 10.6 Å². The number of alkyl halides is 1. The molecule has 1 heterocycles. The van der Waals surface area contributed by atoms with E-state index in [4.69, 9.17) is 23.2 Å². The number of aromatic nitrogens is 2. The molecule has 6 heteroatoms. The molecule has 0 fully saturated rings. The third kappa shape index (κ3) is 3.07. The second kappa shape index (κ2) is 6.10. The van der Waals surface area contributed by atoms with Crippen LogP contribution in [0.5, 0.6) is 0 Å². The van der Waals surface area contributed by atoms with Crippen molar-refractivity contribution < 1.29 is 4.39 Å². The second-order valence-electron chi connectivity index (χ2n) is 4.34. The Labute approximate surface area is 135 Å². The van der Waals surface area contributed by atoms with Crippen molar-refractivity contribution >= 4 is 34.5 Å². The Morgan fingerprint density at radius 3 is 2.57 bits per heavy atom. The number of hydrogen-bond acceptors (Lipinski definition) is 3. The van der Waals surface area contributed by atoms with Gasteiger partial charge in [-0.15, -0.1) is 21.8 Å². The Morgan fingerprint density at radius 1 is 1.05 bits per heavy atom. The second-order valence-corrected chi connectivity index (χ2v) is 6.22. The molecule has 0 saturated heterocycles. The van der Waals surface area contributed by atoms with Gasteiger partial charge in [0.15, 0.2) is 5.01 Å². The van der Waals surface area contributed by atoms with Crippen LogP contribution in [0.3, 0.4) is 0 Å². The van der Waals surface area contributed by atoms with Crippen LogP contribution in [0.15, 0.2) is 48.5 Å². The van der Waals surface area contributed by atoms with E-state index in [9.17, 15) is 4.39 Å². The summed E-state index contributed by atoms with van der Waals surface area (Å²) in [5.41, 5.74) is 1.26. The van der Waals surface area contributed by atoms with E-state index in [1.165, 1.54) is 29.5 Å². The first-order valence-electron chi connectivity index (χ1n) is 6.13. The molecule has 2 nitrogen and oxygen atoms in total. The SMILES string of the molecule is Fc1ccc(Cl)cc1-c1nnc(C(Cl)c2ccccc2)s1. The van der Waals surface area contributed by atoms with Crippen LogP contribution >= 0.6 is 34.5 Å². The largest absolute Gasteiger partial charge is 0.206 e. The van der Waals surface area contributed by atoms with Gasteiger partial charge < -0.3 is 0 Å². The predicted octanol–water partition coefficient (Wildman–Crippen LogP) is 5.33. The highest BCUT2D eigenvalue weighted by Crippen LogP contribution is 2.35.